The van der Waals surface area contributed by atoms with Gasteiger partial charge in [-0.3, -0.25) is 9.97 Å². The molecule has 4 heterocycles. The molecule has 1 aromatic carbocycles. The Balaban J connectivity index is 1.53. The maximum Gasteiger partial charge on any atom is 0.170 e. The van der Waals surface area contributed by atoms with E-state index in [0.29, 0.717) is 16.7 Å². The van der Waals surface area contributed by atoms with Gasteiger partial charge >= 0.3 is 0 Å². The lowest BCUT2D eigenvalue weighted by Gasteiger charge is -2.25. The summed E-state index contributed by atoms with van der Waals surface area (Å²) in [5.41, 5.74) is 2.81. The SMILES string of the molecule is S=C1N[C@@H](c2ccccn2)[C@@H](c2ccc(-c3ccc(Cl)cc3)o2)N1Cc1ccccn1. The molecule has 1 aliphatic heterocycles. The van der Waals surface area contributed by atoms with E-state index in [4.69, 9.17) is 28.2 Å². The number of halogens is 1. The van der Waals surface area contributed by atoms with Crippen molar-refractivity contribution < 1.29 is 4.42 Å². The molecule has 0 radical (unpaired) electrons. The molecule has 0 amide bonds. The van der Waals surface area contributed by atoms with Crippen LogP contribution in [0, 0.1) is 0 Å². The predicted molar refractivity (Wildman–Crippen MR) is 124 cm³/mol. The average molecular weight is 447 g/mol. The molecule has 0 spiro atoms. The van der Waals surface area contributed by atoms with Crippen molar-refractivity contribution in [2.24, 2.45) is 0 Å². The van der Waals surface area contributed by atoms with Crippen molar-refractivity contribution in [2.45, 2.75) is 18.6 Å². The number of pyridine rings is 2. The van der Waals surface area contributed by atoms with Crippen LogP contribution in [0.2, 0.25) is 5.02 Å². The minimum Gasteiger partial charge on any atom is -0.459 e. The summed E-state index contributed by atoms with van der Waals surface area (Å²) >= 11 is 11.7. The summed E-state index contributed by atoms with van der Waals surface area (Å²) in [6.07, 6.45) is 3.58. The van der Waals surface area contributed by atoms with E-state index in [-0.39, 0.29) is 12.1 Å². The molecule has 0 unspecified atom stereocenters. The highest BCUT2D eigenvalue weighted by atomic mass is 35.5. The van der Waals surface area contributed by atoms with Gasteiger partial charge in [0.2, 0.25) is 0 Å². The normalized spacial score (nSPS) is 18.2. The van der Waals surface area contributed by atoms with Crippen LogP contribution >= 0.6 is 23.8 Å². The molecule has 0 aliphatic carbocycles. The summed E-state index contributed by atoms with van der Waals surface area (Å²) in [5.74, 6) is 1.59. The van der Waals surface area contributed by atoms with Gasteiger partial charge in [-0.1, -0.05) is 23.7 Å². The quantitative estimate of drug-likeness (QED) is 0.405. The molecule has 5 rings (SSSR count). The monoisotopic (exact) mass is 446 g/mol. The first-order valence-electron chi connectivity index (χ1n) is 9.93. The largest absolute Gasteiger partial charge is 0.459 e. The van der Waals surface area contributed by atoms with Gasteiger partial charge in [-0.15, -0.1) is 0 Å². The molecule has 0 bridgehead atoms. The zero-order valence-corrected chi connectivity index (χ0v) is 18.1. The topological polar surface area (TPSA) is 54.2 Å². The van der Waals surface area contributed by atoms with Crippen LogP contribution in [-0.2, 0) is 6.54 Å². The lowest BCUT2D eigenvalue weighted by Crippen LogP contribution is -2.29. The van der Waals surface area contributed by atoms with Crippen molar-refractivity contribution in [1.29, 1.82) is 0 Å². The Labute approximate surface area is 190 Å². The first-order valence-corrected chi connectivity index (χ1v) is 10.7. The minimum atomic E-state index is -0.162. The molecule has 1 aliphatic rings. The standard InChI is InChI=1S/C24H19ClN4OS/c25-17-9-7-16(8-10-17)20-11-12-21(30-20)23-22(19-6-2-4-14-27-19)28-24(31)29(23)15-18-5-1-3-13-26-18/h1-14,22-23H,15H2,(H,28,31)/t22-,23+/m0/s1. The van der Waals surface area contributed by atoms with E-state index in [1.165, 1.54) is 0 Å². The van der Waals surface area contributed by atoms with Crippen LogP contribution in [0.4, 0.5) is 0 Å². The van der Waals surface area contributed by atoms with Crippen molar-refractivity contribution in [3.8, 4) is 11.3 Å². The highest BCUT2D eigenvalue weighted by Crippen LogP contribution is 2.41. The van der Waals surface area contributed by atoms with Gasteiger partial charge in [-0.2, -0.15) is 0 Å². The molecule has 5 nitrogen and oxygen atoms in total. The van der Waals surface area contributed by atoms with Crippen molar-refractivity contribution in [3.63, 3.8) is 0 Å². The van der Waals surface area contributed by atoms with Crippen molar-refractivity contribution >= 4 is 28.9 Å². The second-order valence-electron chi connectivity index (χ2n) is 7.28. The van der Waals surface area contributed by atoms with Crippen LogP contribution in [0.5, 0.6) is 0 Å². The van der Waals surface area contributed by atoms with E-state index in [1.54, 1.807) is 12.4 Å². The highest BCUT2D eigenvalue weighted by Gasteiger charge is 2.41. The second-order valence-corrected chi connectivity index (χ2v) is 8.11. The Bertz CT molecular complexity index is 1180. The van der Waals surface area contributed by atoms with Gasteiger partial charge < -0.3 is 14.6 Å². The first kappa shape index (κ1) is 19.7. The fraction of sp³-hybridized carbons (Fsp3) is 0.125. The van der Waals surface area contributed by atoms with E-state index in [1.807, 2.05) is 72.8 Å². The Morgan fingerprint density at radius 3 is 2.42 bits per heavy atom. The third-order valence-electron chi connectivity index (χ3n) is 5.30. The Morgan fingerprint density at radius 1 is 0.935 bits per heavy atom. The fourth-order valence-corrected chi connectivity index (χ4v) is 4.26. The minimum absolute atomic E-state index is 0.137. The van der Waals surface area contributed by atoms with Gasteiger partial charge in [0, 0.05) is 23.0 Å². The van der Waals surface area contributed by atoms with Gasteiger partial charge in [0.25, 0.3) is 0 Å². The summed E-state index contributed by atoms with van der Waals surface area (Å²) in [7, 11) is 0. The Morgan fingerprint density at radius 2 is 1.71 bits per heavy atom. The van der Waals surface area contributed by atoms with Crippen LogP contribution < -0.4 is 5.32 Å². The van der Waals surface area contributed by atoms with E-state index < -0.39 is 0 Å². The first-order chi connectivity index (χ1) is 15.2. The molecule has 4 aromatic rings. The number of hydrogen-bond donors (Lipinski definition) is 1. The number of benzene rings is 1. The number of nitrogens with zero attached hydrogens (tertiary/aromatic N) is 3. The van der Waals surface area contributed by atoms with Crippen molar-refractivity contribution in [3.05, 3.63) is 107 Å². The zero-order valence-electron chi connectivity index (χ0n) is 16.5. The number of hydrogen-bond acceptors (Lipinski definition) is 4. The van der Waals surface area contributed by atoms with E-state index in [2.05, 4.69) is 20.2 Å². The lowest BCUT2D eigenvalue weighted by atomic mass is 10.0. The molecule has 3 aromatic heterocycles. The number of aromatic nitrogens is 2. The van der Waals surface area contributed by atoms with Gasteiger partial charge in [-0.05, 0) is 72.9 Å². The van der Waals surface area contributed by atoms with E-state index in [0.717, 1.165) is 28.5 Å². The Kier molecular flexibility index (Phi) is 5.40. The second kappa shape index (κ2) is 8.49. The highest BCUT2D eigenvalue weighted by molar-refractivity contribution is 7.80. The summed E-state index contributed by atoms with van der Waals surface area (Å²) in [6, 6.07) is 23.1. The molecule has 1 saturated heterocycles. The van der Waals surface area contributed by atoms with Gasteiger partial charge in [0.05, 0.1) is 24.0 Å². The van der Waals surface area contributed by atoms with Gasteiger partial charge in [0.1, 0.15) is 17.6 Å². The van der Waals surface area contributed by atoms with Gasteiger partial charge in [0.15, 0.2) is 5.11 Å². The molecular formula is C24H19ClN4OS. The van der Waals surface area contributed by atoms with Crippen LogP contribution in [0.15, 0.2) is 89.6 Å². The summed E-state index contributed by atoms with van der Waals surface area (Å²) in [6.45, 7) is 0.567. The predicted octanol–water partition coefficient (Wildman–Crippen LogP) is 5.56. The molecule has 7 heteroatoms. The maximum atomic E-state index is 6.33. The van der Waals surface area contributed by atoms with Gasteiger partial charge in [-0.25, -0.2) is 0 Å². The van der Waals surface area contributed by atoms with Crippen LogP contribution in [0.25, 0.3) is 11.3 Å². The molecule has 1 N–H and O–H groups in total. The molecule has 31 heavy (non-hydrogen) atoms. The van der Waals surface area contributed by atoms with Crippen LogP contribution in [0.1, 0.15) is 29.2 Å². The molecule has 154 valence electrons. The number of rotatable bonds is 5. The molecular weight excluding hydrogens is 428 g/mol. The average Bonchev–Trinajstić information content (AvgIpc) is 3.41. The third kappa shape index (κ3) is 4.04. The van der Waals surface area contributed by atoms with Crippen molar-refractivity contribution in [2.75, 3.05) is 0 Å². The maximum absolute atomic E-state index is 6.33. The summed E-state index contributed by atoms with van der Waals surface area (Å²) < 4.78 is 6.33. The number of thiocarbonyl (C=S) groups is 1. The Hall–Kier alpha value is -3.22. The van der Waals surface area contributed by atoms with Crippen LogP contribution in [-0.4, -0.2) is 20.0 Å². The van der Waals surface area contributed by atoms with Crippen LogP contribution in [0.3, 0.4) is 0 Å². The zero-order chi connectivity index (χ0) is 21.2. The summed E-state index contributed by atoms with van der Waals surface area (Å²) in [5, 5.41) is 4.78. The smallest absolute Gasteiger partial charge is 0.170 e. The third-order valence-corrected chi connectivity index (χ3v) is 5.91. The lowest BCUT2D eigenvalue weighted by molar-refractivity contribution is 0.267. The van der Waals surface area contributed by atoms with E-state index in [9.17, 15) is 0 Å². The molecule has 0 saturated carbocycles. The summed E-state index contributed by atoms with van der Waals surface area (Å²) in [4.78, 5) is 11.2. The van der Waals surface area contributed by atoms with Crippen molar-refractivity contribution in [1.82, 2.24) is 20.2 Å². The number of nitrogens with one attached hydrogen (secondary N) is 1. The molecule has 2 atom stereocenters. The number of furan rings is 1. The fourth-order valence-electron chi connectivity index (χ4n) is 3.83. The van der Waals surface area contributed by atoms with E-state index >= 15 is 0 Å². The molecule has 1 fully saturated rings.